The summed E-state index contributed by atoms with van der Waals surface area (Å²) in [5.41, 5.74) is 0.608. The van der Waals surface area contributed by atoms with Crippen LogP contribution in [0.15, 0.2) is 30.3 Å². The second-order valence-electron chi connectivity index (χ2n) is 9.77. The van der Waals surface area contributed by atoms with Crippen LogP contribution in [0.1, 0.15) is 32.8 Å². The minimum atomic E-state index is -0.376. The molecule has 172 valence electrons. The SMILES string of the molecule is CC(CCN(C)C(C)(C)O[N+](C)(C)C)OCC[N+](C)(C)C(=O)OCc1ccccc1. The predicted octanol–water partition coefficient (Wildman–Crippen LogP) is 3.50. The van der Waals surface area contributed by atoms with Crippen molar-refractivity contribution in [1.82, 2.24) is 4.90 Å². The number of likely N-dealkylation sites (N-methyl/N-ethyl adjacent to an activating group) is 1. The highest BCUT2D eigenvalue weighted by atomic mass is 16.7. The lowest BCUT2D eigenvalue weighted by Crippen LogP contribution is -2.52. The summed E-state index contributed by atoms with van der Waals surface area (Å²) in [6.07, 6.45) is 0.716. The average molecular weight is 426 g/mol. The smallest absolute Gasteiger partial charge is 0.415 e. The molecule has 0 saturated carbocycles. The molecule has 7 nitrogen and oxygen atoms in total. The fraction of sp³-hybridized carbons (Fsp3) is 0.696. The quantitative estimate of drug-likeness (QED) is 0.291. The topological polar surface area (TPSA) is 48.0 Å². The van der Waals surface area contributed by atoms with Crippen LogP contribution in [0.5, 0.6) is 0 Å². The first-order valence-electron chi connectivity index (χ1n) is 10.6. The molecule has 1 amide bonds. The predicted molar refractivity (Wildman–Crippen MR) is 119 cm³/mol. The Morgan fingerprint density at radius 1 is 1.10 bits per heavy atom. The highest BCUT2D eigenvalue weighted by molar-refractivity contribution is 5.59. The zero-order chi connectivity index (χ0) is 23.0. The van der Waals surface area contributed by atoms with Crippen molar-refractivity contribution in [2.45, 2.75) is 45.6 Å². The van der Waals surface area contributed by atoms with Crippen LogP contribution < -0.4 is 0 Å². The van der Waals surface area contributed by atoms with Crippen molar-refractivity contribution in [1.29, 1.82) is 0 Å². The molecule has 0 aliphatic rings. The van der Waals surface area contributed by atoms with E-state index in [1.165, 1.54) is 0 Å². The largest absolute Gasteiger partial charge is 0.515 e. The Balaban J connectivity index is 2.34. The van der Waals surface area contributed by atoms with Gasteiger partial charge in [0.25, 0.3) is 0 Å². The van der Waals surface area contributed by atoms with Gasteiger partial charge in [0.05, 0.1) is 47.9 Å². The number of benzene rings is 1. The first-order valence-corrected chi connectivity index (χ1v) is 10.6. The fourth-order valence-electron chi connectivity index (χ4n) is 2.94. The molecule has 1 rings (SSSR count). The molecule has 0 bridgehead atoms. The van der Waals surface area contributed by atoms with E-state index in [-0.39, 0.29) is 29.0 Å². The van der Waals surface area contributed by atoms with Crippen molar-refractivity contribution in [3.63, 3.8) is 0 Å². The minimum Gasteiger partial charge on any atom is -0.415 e. The second-order valence-corrected chi connectivity index (χ2v) is 9.77. The standard InChI is InChI=1S/C23H43N3O4/c1-20(15-16-24(4)23(2,3)30-25(5,6)7)28-18-17-26(8,9)22(27)29-19-21-13-11-10-12-14-21/h10-14,20H,15-19H2,1-9H3/q+2. The van der Waals surface area contributed by atoms with Crippen LogP contribution in [0.4, 0.5) is 4.79 Å². The number of rotatable bonds is 12. The van der Waals surface area contributed by atoms with E-state index in [0.717, 1.165) is 18.5 Å². The molecule has 0 aliphatic carbocycles. The van der Waals surface area contributed by atoms with E-state index in [2.05, 4.69) is 32.7 Å². The van der Waals surface area contributed by atoms with E-state index < -0.39 is 0 Å². The first-order chi connectivity index (χ1) is 13.7. The lowest BCUT2D eigenvalue weighted by atomic mass is 10.2. The molecule has 1 unspecified atom stereocenters. The Morgan fingerprint density at radius 3 is 2.27 bits per heavy atom. The number of hydroxylamine groups is 3. The van der Waals surface area contributed by atoms with Crippen molar-refractivity contribution in [2.24, 2.45) is 0 Å². The van der Waals surface area contributed by atoms with E-state index in [9.17, 15) is 4.79 Å². The van der Waals surface area contributed by atoms with Gasteiger partial charge in [-0.25, -0.2) is 4.48 Å². The molecule has 0 aromatic heterocycles. The Morgan fingerprint density at radius 2 is 1.70 bits per heavy atom. The number of carbonyl (C=O) groups is 1. The van der Waals surface area contributed by atoms with Crippen molar-refractivity contribution in [2.75, 3.05) is 62.0 Å². The normalized spacial score (nSPS) is 14.1. The molecule has 30 heavy (non-hydrogen) atoms. The number of ether oxygens (including phenoxy) is 2. The van der Waals surface area contributed by atoms with E-state index in [0.29, 0.717) is 17.8 Å². The summed E-state index contributed by atoms with van der Waals surface area (Å²) >= 11 is 0. The number of hydrogen-bond donors (Lipinski definition) is 0. The maximum absolute atomic E-state index is 12.4. The summed E-state index contributed by atoms with van der Waals surface area (Å²) in [6, 6.07) is 9.71. The molecule has 0 spiro atoms. The number of quaternary nitrogens is 2. The lowest BCUT2D eigenvalue weighted by molar-refractivity contribution is -1.08. The van der Waals surface area contributed by atoms with Crippen molar-refractivity contribution < 1.29 is 28.2 Å². The van der Waals surface area contributed by atoms with Crippen LogP contribution in [-0.2, 0) is 20.9 Å². The molecule has 0 fully saturated rings. The van der Waals surface area contributed by atoms with Crippen LogP contribution in [0, 0.1) is 0 Å². The highest BCUT2D eigenvalue weighted by Crippen LogP contribution is 2.18. The molecule has 1 aromatic carbocycles. The fourth-order valence-corrected chi connectivity index (χ4v) is 2.94. The summed E-state index contributed by atoms with van der Waals surface area (Å²) in [6.45, 7) is 8.41. The van der Waals surface area contributed by atoms with Gasteiger partial charge in [-0.1, -0.05) is 30.3 Å². The van der Waals surface area contributed by atoms with Gasteiger partial charge >= 0.3 is 6.09 Å². The van der Waals surface area contributed by atoms with Crippen LogP contribution in [0.25, 0.3) is 0 Å². The van der Waals surface area contributed by atoms with Crippen molar-refractivity contribution in [3.8, 4) is 0 Å². The van der Waals surface area contributed by atoms with Crippen LogP contribution in [0.2, 0.25) is 0 Å². The van der Waals surface area contributed by atoms with Gasteiger partial charge in [0.2, 0.25) is 0 Å². The van der Waals surface area contributed by atoms with Crippen molar-refractivity contribution in [3.05, 3.63) is 35.9 Å². The molecule has 0 heterocycles. The molecular formula is C23H43N3O4+2. The Bertz CT molecular complexity index is 642. The minimum absolute atomic E-state index is 0.0905. The molecule has 0 saturated heterocycles. The van der Waals surface area contributed by atoms with Gasteiger partial charge in [0, 0.05) is 6.54 Å². The third-order valence-corrected chi connectivity index (χ3v) is 5.04. The Labute approximate surface area is 183 Å². The number of carbonyl (C=O) groups excluding carboxylic acids is 1. The van der Waals surface area contributed by atoms with Gasteiger partial charge < -0.3 is 9.47 Å². The summed E-state index contributed by atoms with van der Waals surface area (Å²) in [7, 11) is 11.8. The maximum Gasteiger partial charge on any atom is 0.515 e. The molecule has 1 aromatic rings. The van der Waals surface area contributed by atoms with Gasteiger partial charge in [-0.3, -0.25) is 4.90 Å². The number of amides is 1. The Kier molecular flexibility index (Phi) is 9.91. The zero-order valence-electron chi connectivity index (χ0n) is 20.5. The second kappa shape index (κ2) is 11.2. The molecule has 1 atom stereocenters. The number of nitrogens with zero attached hydrogens (tertiary/aromatic N) is 3. The van der Waals surface area contributed by atoms with E-state index in [4.69, 9.17) is 14.3 Å². The van der Waals surface area contributed by atoms with Crippen molar-refractivity contribution >= 4 is 6.09 Å². The molecule has 0 aliphatic heterocycles. The van der Waals surface area contributed by atoms with Gasteiger partial charge in [-0.05, 0) is 39.8 Å². The number of hydrogen-bond acceptors (Lipinski definition) is 5. The third-order valence-electron chi connectivity index (χ3n) is 5.04. The highest BCUT2D eigenvalue weighted by Gasteiger charge is 2.32. The maximum atomic E-state index is 12.4. The van der Waals surface area contributed by atoms with Crippen LogP contribution in [-0.4, -0.2) is 93.9 Å². The summed E-state index contributed by atoms with van der Waals surface area (Å²) in [4.78, 5) is 20.7. The molecule has 0 radical (unpaired) electrons. The lowest BCUT2D eigenvalue weighted by Gasteiger charge is -2.39. The van der Waals surface area contributed by atoms with Crippen LogP contribution >= 0.6 is 0 Å². The van der Waals surface area contributed by atoms with Gasteiger partial charge in [0.15, 0.2) is 5.72 Å². The van der Waals surface area contributed by atoms with Gasteiger partial charge in [0.1, 0.15) is 13.2 Å². The van der Waals surface area contributed by atoms with Gasteiger partial charge in [-0.2, -0.15) is 14.3 Å². The van der Waals surface area contributed by atoms with E-state index in [1.807, 2.05) is 65.6 Å². The molecule has 0 N–H and O–H groups in total. The summed E-state index contributed by atoms with van der Waals surface area (Å²) in [5, 5.41) is 0. The zero-order valence-corrected chi connectivity index (χ0v) is 20.5. The van der Waals surface area contributed by atoms with E-state index in [1.54, 1.807) is 0 Å². The monoisotopic (exact) mass is 425 g/mol. The summed E-state index contributed by atoms with van der Waals surface area (Å²) in [5.74, 6) is 0. The Hall–Kier alpha value is -1.51. The average Bonchev–Trinajstić information content (AvgIpc) is 2.62. The van der Waals surface area contributed by atoms with E-state index >= 15 is 0 Å². The molecule has 7 heteroatoms. The summed E-state index contributed by atoms with van der Waals surface area (Å²) < 4.78 is 12.0. The molecular weight excluding hydrogens is 382 g/mol. The third kappa shape index (κ3) is 10.00. The van der Waals surface area contributed by atoms with Crippen LogP contribution in [0.3, 0.4) is 0 Å². The first kappa shape index (κ1) is 26.5. The van der Waals surface area contributed by atoms with Gasteiger partial charge in [-0.15, -0.1) is 0 Å².